The number of hydrogen-bond donors (Lipinski definition) is 1. The van der Waals surface area contributed by atoms with Gasteiger partial charge in [0.2, 0.25) is 0 Å². The zero-order valence-corrected chi connectivity index (χ0v) is 15.5. The summed E-state index contributed by atoms with van der Waals surface area (Å²) in [5.41, 5.74) is 1.18. The van der Waals surface area contributed by atoms with E-state index in [0.29, 0.717) is 5.92 Å². The maximum absolute atomic E-state index is 6.02. The average molecular weight is 322 g/mol. The summed E-state index contributed by atoms with van der Waals surface area (Å²) in [6.45, 7) is 9.32. The Balaban J connectivity index is 2.46. The van der Waals surface area contributed by atoms with Crippen LogP contribution in [0.15, 0.2) is 18.2 Å². The predicted molar refractivity (Wildman–Crippen MR) is 98.4 cm³/mol. The number of benzene rings is 1. The molecule has 3 nitrogen and oxygen atoms in total. The second-order valence-electron chi connectivity index (χ2n) is 6.57. The number of ether oxygens (including phenoxy) is 2. The van der Waals surface area contributed by atoms with Crippen molar-refractivity contribution in [3.8, 4) is 11.5 Å². The topological polar surface area (TPSA) is 30.5 Å². The number of para-hydroxylation sites is 1. The van der Waals surface area contributed by atoms with Crippen LogP contribution in [-0.2, 0) is 6.54 Å². The summed E-state index contributed by atoms with van der Waals surface area (Å²) in [7, 11) is 1.70. The molecule has 0 aliphatic rings. The van der Waals surface area contributed by atoms with Crippen LogP contribution < -0.4 is 14.8 Å². The lowest BCUT2D eigenvalue weighted by Crippen LogP contribution is -2.16. The van der Waals surface area contributed by atoms with Crippen molar-refractivity contribution in [1.82, 2.24) is 5.32 Å². The second-order valence-corrected chi connectivity index (χ2v) is 6.57. The van der Waals surface area contributed by atoms with Crippen molar-refractivity contribution in [3.63, 3.8) is 0 Å². The fraction of sp³-hybridized carbons (Fsp3) is 0.700. The number of nitrogens with one attached hydrogen (secondary N) is 1. The molecule has 1 N–H and O–H groups in total. The Morgan fingerprint density at radius 3 is 2.57 bits per heavy atom. The van der Waals surface area contributed by atoms with Crippen LogP contribution in [0.4, 0.5) is 0 Å². The van der Waals surface area contributed by atoms with Gasteiger partial charge in [-0.25, -0.2) is 0 Å². The van der Waals surface area contributed by atoms with Gasteiger partial charge in [-0.05, 0) is 31.4 Å². The predicted octanol–water partition coefficient (Wildman–Crippen LogP) is 5.18. The van der Waals surface area contributed by atoms with Crippen molar-refractivity contribution in [1.29, 1.82) is 0 Å². The van der Waals surface area contributed by atoms with Crippen molar-refractivity contribution >= 4 is 0 Å². The summed E-state index contributed by atoms with van der Waals surface area (Å²) in [6.07, 6.45) is 7.62. The van der Waals surface area contributed by atoms with E-state index in [0.717, 1.165) is 37.6 Å². The van der Waals surface area contributed by atoms with E-state index in [1.807, 2.05) is 12.1 Å². The zero-order valence-electron chi connectivity index (χ0n) is 15.5. The Kier molecular flexibility index (Phi) is 10.5. The van der Waals surface area contributed by atoms with Crippen LogP contribution in [0.25, 0.3) is 0 Å². The third-order valence-electron chi connectivity index (χ3n) is 3.99. The SMILES string of the molecule is CCCCCCCNCc1cccc(OC)c1OCCC(C)C. The first-order valence-electron chi connectivity index (χ1n) is 9.18. The van der Waals surface area contributed by atoms with Gasteiger partial charge in [-0.15, -0.1) is 0 Å². The highest BCUT2D eigenvalue weighted by molar-refractivity contribution is 5.46. The van der Waals surface area contributed by atoms with E-state index >= 15 is 0 Å². The summed E-state index contributed by atoms with van der Waals surface area (Å²) in [6, 6.07) is 6.13. The number of rotatable bonds is 13. The van der Waals surface area contributed by atoms with Gasteiger partial charge in [0.1, 0.15) is 0 Å². The molecule has 3 heteroatoms. The molecule has 0 atom stereocenters. The van der Waals surface area contributed by atoms with Gasteiger partial charge in [0.25, 0.3) is 0 Å². The molecule has 0 bridgehead atoms. The first kappa shape index (κ1) is 19.8. The van der Waals surface area contributed by atoms with Crippen molar-refractivity contribution in [2.45, 2.75) is 65.8 Å². The summed E-state index contributed by atoms with van der Waals surface area (Å²) < 4.78 is 11.5. The van der Waals surface area contributed by atoms with Gasteiger partial charge in [-0.3, -0.25) is 0 Å². The molecule has 1 aromatic carbocycles. The Morgan fingerprint density at radius 1 is 1.09 bits per heavy atom. The molecule has 0 aliphatic carbocycles. The molecule has 0 spiro atoms. The molecule has 1 rings (SSSR count). The van der Waals surface area contributed by atoms with Gasteiger partial charge >= 0.3 is 0 Å². The number of methoxy groups -OCH3 is 1. The monoisotopic (exact) mass is 321 g/mol. The van der Waals surface area contributed by atoms with Crippen LogP contribution >= 0.6 is 0 Å². The third kappa shape index (κ3) is 8.26. The first-order chi connectivity index (χ1) is 11.2. The molecule has 0 unspecified atom stereocenters. The Hall–Kier alpha value is -1.22. The zero-order chi connectivity index (χ0) is 16.9. The molecule has 0 saturated heterocycles. The third-order valence-corrected chi connectivity index (χ3v) is 3.99. The Bertz CT molecular complexity index is 418. The van der Waals surface area contributed by atoms with Gasteiger partial charge < -0.3 is 14.8 Å². The van der Waals surface area contributed by atoms with E-state index in [9.17, 15) is 0 Å². The molecule has 0 saturated carbocycles. The summed E-state index contributed by atoms with van der Waals surface area (Å²) in [4.78, 5) is 0. The minimum absolute atomic E-state index is 0.648. The van der Waals surface area contributed by atoms with Crippen molar-refractivity contribution < 1.29 is 9.47 Å². The number of unbranched alkanes of at least 4 members (excludes halogenated alkanes) is 4. The van der Waals surface area contributed by atoms with Crippen molar-refractivity contribution in [2.24, 2.45) is 5.92 Å². The van der Waals surface area contributed by atoms with Gasteiger partial charge in [0.05, 0.1) is 13.7 Å². The van der Waals surface area contributed by atoms with E-state index < -0.39 is 0 Å². The minimum Gasteiger partial charge on any atom is -0.493 e. The van der Waals surface area contributed by atoms with Gasteiger partial charge in [0, 0.05) is 12.1 Å². The van der Waals surface area contributed by atoms with Crippen molar-refractivity contribution in [2.75, 3.05) is 20.3 Å². The standard InChI is InChI=1S/C20H35NO2/c1-5-6-7-8-9-14-21-16-18-11-10-12-19(22-4)20(18)23-15-13-17(2)3/h10-12,17,21H,5-9,13-16H2,1-4H3. The lowest BCUT2D eigenvalue weighted by molar-refractivity contribution is 0.269. The highest BCUT2D eigenvalue weighted by Gasteiger charge is 2.10. The molecule has 1 aromatic rings. The molecule has 0 heterocycles. The van der Waals surface area contributed by atoms with Gasteiger partial charge in [-0.1, -0.05) is 58.6 Å². The molecule has 0 fully saturated rings. The highest BCUT2D eigenvalue weighted by atomic mass is 16.5. The molecule has 0 amide bonds. The molecule has 0 radical (unpaired) electrons. The van der Waals surface area contributed by atoms with Crippen LogP contribution in [0.5, 0.6) is 11.5 Å². The van der Waals surface area contributed by atoms with Crippen LogP contribution in [0, 0.1) is 5.92 Å². The highest BCUT2D eigenvalue weighted by Crippen LogP contribution is 2.31. The van der Waals surface area contributed by atoms with E-state index in [1.54, 1.807) is 7.11 Å². The fourth-order valence-electron chi connectivity index (χ4n) is 2.50. The molecule has 0 aromatic heterocycles. The van der Waals surface area contributed by atoms with Gasteiger partial charge in [-0.2, -0.15) is 0 Å². The van der Waals surface area contributed by atoms with E-state index in [2.05, 4.69) is 32.2 Å². The molecular weight excluding hydrogens is 286 g/mol. The maximum Gasteiger partial charge on any atom is 0.165 e. The molecule has 0 aliphatic heterocycles. The van der Waals surface area contributed by atoms with E-state index in [-0.39, 0.29) is 0 Å². The molecule has 23 heavy (non-hydrogen) atoms. The number of hydrogen-bond acceptors (Lipinski definition) is 3. The van der Waals surface area contributed by atoms with Crippen LogP contribution in [-0.4, -0.2) is 20.3 Å². The van der Waals surface area contributed by atoms with Gasteiger partial charge in [0.15, 0.2) is 11.5 Å². The van der Waals surface area contributed by atoms with Crippen molar-refractivity contribution in [3.05, 3.63) is 23.8 Å². The lowest BCUT2D eigenvalue weighted by atomic mass is 10.1. The van der Waals surface area contributed by atoms with Crippen LogP contribution in [0.1, 0.15) is 64.9 Å². The first-order valence-corrected chi connectivity index (χ1v) is 9.18. The average Bonchev–Trinajstić information content (AvgIpc) is 2.54. The van der Waals surface area contributed by atoms with E-state index in [1.165, 1.54) is 37.7 Å². The largest absolute Gasteiger partial charge is 0.493 e. The molecular formula is C20H35NO2. The van der Waals surface area contributed by atoms with Crippen LogP contribution in [0.2, 0.25) is 0 Å². The Labute approximate surface area is 142 Å². The summed E-state index contributed by atoms with van der Waals surface area (Å²) >= 11 is 0. The Morgan fingerprint density at radius 2 is 1.87 bits per heavy atom. The summed E-state index contributed by atoms with van der Waals surface area (Å²) in [5.74, 6) is 2.37. The second kappa shape index (κ2) is 12.2. The van der Waals surface area contributed by atoms with Crippen LogP contribution in [0.3, 0.4) is 0 Å². The smallest absolute Gasteiger partial charge is 0.165 e. The maximum atomic E-state index is 6.02. The van der Waals surface area contributed by atoms with E-state index in [4.69, 9.17) is 9.47 Å². The summed E-state index contributed by atoms with van der Waals surface area (Å²) in [5, 5.41) is 3.53. The normalized spacial score (nSPS) is 11.0. The quantitative estimate of drug-likeness (QED) is 0.508. The fourth-order valence-corrected chi connectivity index (χ4v) is 2.50. The molecule has 132 valence electrons. The minimum atomic E-state index is 0.648. The lowest BCUT2D eigenvalue weighted by Gasteiger charge is -2.16.